The smallest absolute Gasteiger partial charge is 0.225 e. The Morgan fingerprint density at radius 3 is 2.96 bits per heavy atom. The molecule has 134 valence electrons. The second kappa shape index (κ2) is 7.25. The third kappa shape index (κ3) is 3.32. The molecule has 3 heterocycles. The first-order valence-electron chi connectivity index (χ1n) is 9.02. The van der Waals surface area contributed by atoms with Gasteiger partial charge in [0.1, 0.15) is 0 Å². The molecule has 1 amide bonds. The molecule has 1 aromatic carbocycles. The lowest BCUT2D eigenvalue weighted by Crippen LogP contribution is -2.39. The summed E-state index contributed by atoms with van der Waals surface area (Å²) in [5, 5.41) is 18.7. The molecule has 0 saturated carbocycles. The van der Waals surface area contributed by atoms with Crippen LogP contribution in [0.1, 0.15) is 42.5 Å². The van der Waals surface area contributed by atoms with Crippen LogP contribution in [0.4, 0.5) is 0 Å². The van der Waals surface area contributed by atoms with Gasteiger partial charge in [-0.1, -0.05) is 30.3 Å². The number of hydrogen-bond donors (Lipinski definition) is 2. The second-order valence-electron chi connectivity index (χ2n) is 6.82. The summed E-state index contributed by atoms with van der Waals surface area (Å²) in [4.78, 5) is 18.8. The van der Waals surface area contributed by atoms with E-state index >= 15 is 0 Å². The molecule has 26 heavy (non-hydrogen) atoms. The minimum absolute atomic E-state index is 0.00648. The number of fused-ring (bicyclic) bond motifs is 1. The van der Waals surface area contributed by atoms with E-state index in [2.05, 4.69) is 15.2 Å². The highest BCUT2D eigenvalue weighted by Crippen LogP contribution is 2.30. The Hall–Kier alpha value is -2.73. The number of hydrogen-bond acceptors (Lipinski definition) is 4. The lowest BCUT2D eigenvalue weighted by atomic mass is 9.92. The molecule has 0 radical (unpaired) electrons. The van der Waals surface area contributed by atoms with Crippen LogP contribution in [0.2, 0.25) is 0 Å². The first kappa shape index (κ1) is 16.7. The maximum atomic E-state index is 12.7. The average Bonchev–Trinajstić information content (AvgIpc) is 3.13. The summed E-state index contributed by atoms with van der Waals surface area (Å²) < 4.78 is 0. The van der Waals surface area contributed by atoms with Gasteiger partial charge in [0.25, 0.3) is 0 Å². The minimum Gasteiger partial charge on any atom is -0.388 e. The molecule has 2 aromatic heterocycles. The number of nitrogens with one attached hydrogen (secondary N) is 1. The second-order valence-corrected chi connectivity index (χ2v) is 6.82. The summed E-state index contributed by atoms with van der Waals surface area (Å²) >= 11 is 0. The van der Waals surface area contributed by atoms with E-state index in [0.717, 1.165) is 36.0 Å². The number of amides is 1. The van der Waals surface area contributed by atoms with Gasteiger partial charge >= 0.3 is 0 Å². The van der Waals surface area contributed by atoms with Crippen LogP contribution < -0.4 is 0 Å². The molecule has 1 aliphatic rings. The molecule has 0 aliphatic carbocycles. The van der Waals surface area contributed by atoms with Crippen molar-refractivity contribution < 1.29 is 9.90 Å². The SMILES string of the molecule is O=C(CC(O)c1ccccc1)N1CCCC(c2[nH]nc3ncccc23)C1. The van der Waals surface area contributed by atoms with Crippen molar-refractivity contribution in [2.75, 3.05) is 13.1 Å². The molecule has 2 atom stereocenters. The van der Waals surface area contributed by atoms with Gasteiger partial charge in [0.05, 0.1) is 12.5 Å². The molecular formula is C20H22N4O2. The fourth-order valence-electron chi connectivity index (χ4n) is 3.71. The minimum atomic E-state index is -0.763. The van der Waals surface area contributed by atoms with Crippen molar-refractivity contribution in [2.45, 2.75) is 31.3 Å². The molecule has 2 unspecified atom stereocenters. The number of carbonyl (C=O) groups excluding carboxylic acids is 1. The van der Waals surface area contributed by atoms with Crippen molar-refractivity contribution in [1.29, 1.82) is 0 Å². The third-order valence-electron chi connectivity index (χ3n) is 5.09. The molecule has 1 fully saturated rings. The van der Waals surface area contributed by atoms with Gasteiger partial charge in [-0.05, 0) is 30.5 Å². The van der Waals surface area contributed by atoms with Crippen LogP contribution >= 0.6 is 0 Å². The standard InChI is InChI=1S/C20H22N4O2/c25-17(14-6-2-1-3-7-14)12-18(26)24-11-5-8-15(13-24)19-16-9-4-10-21-20(16)23-22-19/h1-4,6-7,9-10,15,17,25H,5,8,11-13H2,(H,21,22,23). The normalized spacial score (nSPS) is 18.8. The molecule has 6 heteroatoms. The highest BCUT2D eigenvalue weighted by molar-refractivity contribution is 5.79. The fourth-order valence-corrected chi connectivity index (χ4v) is 3.71. The zero-order chi connectivity index (χ0) is 17.9. The number of likely N-dealkylation sites (tertiary alicyclic amines) is 1. The number of pyridine rings is 1. The predicted molar refractivity (Wildman–Crippen MR) is 98.5 cm³/mol. The predicted octanol–water partition coefficient (Wildman–Crippen LogP) is 2.79. The number of aliphatic hydroxyl groups excluding tert-OH is 1. The summed E-state index contributed by atoms with van der Waals surface area (Å²) in [6.45, 7) is 1.38. The van der Waals surface area contributed by atoms with Crippen molar-refractivity contribution in [1.82, 2.24) is 20.1 Å². The summed E-state index contributed by atoms with van der Waals surface area (Å²) in [6.07, 6.45) is 3.04. The number of carbonyl (C=O) groups is 1. The number of aliphatic hydroxyl groups is 1. The summed E-state index contributed by atoms with van der Waals surface area (Å²) in [5.74, 6) is 0.212. The van der Waals surface area contributed by atoms with E-state index in [-0.39, 0.29) is 18.2 Å². The van der Waals surface area contributed by atoms with Crippen LogP contribution in [0.5, 0.6) is 0 Å². The van der Waals surface area contributed by atoms with E-state index in [1.165, 1.54) is 0 Å². The number of piperidine rings is 1. The zero-order valence-corrected chi connectivity index (χ0v) is 14.5. The van der Waals surface area contributed by atoms with Gasteiger partial charge < -0.3 is 10.0 Å². The quantitative estimate of drug-likeness (QED) is 0.758. The Bertz CT molecular complexity index is 893. The summed E-state index contributed by atoms with van der Waals surface area (Å²) in [6, 6.07) is 13.3. The van der Waals surface area contributed by atoms with Gasteiger partial charge in [0.15, 0.2) is 5.65 Å². The topological polar surface area (TPSA) is 82.1 Å². The lowest BCUT2D eigenvalue weighted by molar-refractivity contribution is -0.134. The molecule has 3 aromatic rings. The maximum Gasteiger partial charge on any atom is 0.225 e. The molecule has 1 saturated heterocycles. The largest absolute Gasteiger partial charge is 0.388 e. The van der Waals surface area contributed by atoms with Crippen molar-refractivity contribution in [2.24, 2.45) is 0 Å². The number of nitrogens with zero attached hydrogens (tertiary/aromatic N) is 3. The van der Waals surface area contributed by atoms with E-state index in [0.29, 0.717) is 12.2 Å². The van der Waals surface area contributed by atoms with Gasteiger partial charge in [-0.3, -0.25) is 9.89 Å². The van der Waals surface area contributed by atoms with Crippen molar-refractivity contribution in [3.05, 3.63) is 59.9 Å². The first-order chi connectivity index (χ1) is 12.7. The monoisotopic (exact) mass is 350 g/mol. The lowest BCUT2D eigenvalue weighted by Gasteiger charge is -2.33. The number of benzene rings is 1. The summed E-state index contributed by atoms with van der Waals surface area (Å²) in [7, 11) is 0. The third-order valence-corrected chi connectivity index (χ3v) is 5.09. The fraction of sp³-hybridized carbons (Fsp3) is 0.350. The van der Waals surface area contributed by atoms with Crippen molar-refractivity contribution in [3.63, 3.8) is 0 Å². The Labute approximate surface area is 151 Å². The van der Waals surface area contributed by atoms with Crippen LogP contribution in [0.3, 0.4) is 0 Å². The molecule has 1 aliphatic heterocycles. The zero-order valence-electron chi connectivity index (χ0n) is 14.5. The molecular weight excluding hydrogens is 328 g/mol. The number of aromatic amines is 1. The van der Waals surface area contributed by atoms with Crippen LogP contribution in [-0.4, -0.2) is 44.2 Å². The van der Waals surface area contributed by atoms with Gasteiger partial charge in [-0.25, -0.2) is 4.98 Å². The van der Waals surface area contributed by atoms with Crippen LogP contribution in [-0.2, 0) is 4.79 Å². The molecule has 0 bridgehead atoms. The van der Waals surface area contributed by atoms with E-state index < -0.39 is 6.10 Å². The van der Waals surface area contributed by atoms with Gasteiger partial charge in [0.2, 0.25) is 5.91 Å². The van der Waals surface area contributed by atoms with Crippen molar-refractivity contribution >= 4 is 16.9 Å². The van der Waals surface area contributed by atoms with E-state index in [4.69, 9.17) is 0 Å². The highest BCUT2D eigenvalue weighted by Gasteiger charge is 2.28. The van der Waals surface area contributed by atoms with Crippen molar-refractivity contribution in [3.8, 4) is 0 Å². The number of rotatable bonds is 4. The molecule has 6 nitrogen and oxygen atoms in total. The molecule has 0 spiro atoms. The Morgan fingerprint density at radius 2 is 2.12 bits per heavy atom. The highest BCUT2D eigenvalue weighted by atomic mass is 16.3. The molecule has 4 rings (SSSR count). The number of aromatic nitrogens is 3. The van der Waals surface area contributed by atoms with E-state index in [9.17, 15) is 9.90 Å². The van der Waals surface area contributed by atoms with Gasteiger partial charge in [-0.15, -0.1) is 0 Å². The van der Waals surface area contributed by atoms with Crippen LogP contribution in [0, 0.1) is 0 Å². The number of H-pyrrole nitrogens is 1. The summed E-state index contributed by atoms with van der Waals surface area (Å²) in [5.41, 5.74) is 2.54. The van der Waals surface area contributed by atoms with Gasteiger partial charge in [-0.2, -0.15) is 5.10 Å². The molecule has 2 N–H and O–H groups in total. The maximum absolute atomic E-state index is 12.7. The van der Waals surface area contributed by atoms with Gasteiger partial charge in [0, 0.05) is 36.3 Å². The Morgan fingerprint density at radius 1 is 1.27 bits per heavy atom. The Balaban J connectivity index is 1.45. The van der Waals surface area contributed by atoms with Crippen LogP contribution in [0.25, 0.3) is 11.0 Å². The van der Waals surface area contributed by atoms with E-state index in [1.54, 1.807) is 6.20 Å². The van der Waals surface area contributed by atoms with E-state index in [1.807, 2.05) is 47.4 Å². The van der Waals surface area contributed by atoms with Crippen LogP contribution in [0.15, 0.2) is 48.7 Å². The average molecular weight is 350 g/mol. The Kier molecular flexibility index (Phi) is 4.67. The first-order valence-corrected chi connectivity index (χ1v) is 9.02.